The monoisotopic (exact) mass is 495 g/mol. The molecule has 0 atom stereocenters. The molecule has 0 N–H and O–H groups in total. The first kappa shape index (κ1) is 19.1. The zero-order valence-electron chi connectivity index (χ0n) is 15.4. The number of nitrogens with zero attached hydrogens (tertiary/aromatic N) is 3. The van der Waals surface area contributed by atoms with Crippen LogP contribution in [0.25, 0.3) is 17.2 Å². The van der Waals surface area contributed by atoms with Crippen molar-refractivity contribution < 1.29 is 0 Å². The van der Waals surface area contributed by atoms with Crippen LogP contribution in [0.15, 0.2) is 80.9 Å². The number of hydrogen-bond donors (Lipinski definition) is 0. The quantitative estimate of drug-likeness (QED) is 0.430. The van der Waals surface area contributed by atoms with Gasteiger partial charge in [0.15, 0.2) is 0 Å². The molecule has 0 saturated heterocycles. The van der Waals surface area contributed by atoms with Crippen LogP contribution in [-0.4, -0.2) is 30.8 Å². The third kappa shape index (κ3) is 4.10. The van der Waals surface area contributed by atoms with Crippen LogP contribution in [0, 0.1) is 0 Å². The molecule has 0 saturated carbocycles. The van der Waals surface area contributed by atoms with E-state index in [1.165, 1.54) is 5.69 Å². The Kier molecular flexibility index (Phi) is 5.74. The topological polar surface area (TPSA) is 28.5 Å². The molecule has 3 nitrogen and oxygen atoms in total. The number of hydrogen-bond acceptors (Lipinski definition) is 3. The van der Waals surface area contributed by atoms with E-state index in [1.54, 1.807) is 0 Å². The molecule has 0 fully saturated rings. The smallest absolute Gasteiger partial charge is 0.0668 e. The van der Waals surface area contributed by atoms with Crippen LogP contribution in [0.1, 0.15) is 11.1 Å². The fourth-order valence-electron chi connectivity index (χ4n) is 3.33. The summed E-state index contributed by atoms with van der Waals surface area (Å²) in [7, 11) is 2.11. The van der Waals surface area contributed by atoms with Crippen molar-refractivity contribution in [3.05, 3.63) is 87.1 Å². The second kappa shape index (κ2) is 8.41. The highest BCUT2D eigenvalue weighted by Gasteiger charge is 2.15. The van der Waals surface area contributed by atoms with Crippen LogP contribution in [0.2, 0.25) is 0 Å². The largest absolute Gasteiger partial charge is 0.372 e. The molecule has 0 unspecified atom stereocenters. The number of anilines is 1. The molecule has 4 rings (SSSR count). The molecule has 140 valence electrons. The maximum Gasteiger partial charge on any atom is 0.0668 e. The van der Waals surface area contributed by atoms with Crippen LogP contribution < -0.4 is 4.90 Å². The Morgan fingerprint density at radius 2 is 1.82 bits per heavy atom. The Morgan fingerprint density at radius 3 is 2.68 bits per heavy atom. The number of rotatable bonds is 3. The SMILES string of the molecule is CN1CCN=C(/C=C/c2cnccc2-c2cccc(Br)c2)c2ccc(Br)cc21. The first-order chi connectivity index (χ1) is 13.6. The minimum absolute atomic E-state index is 0.772. The molecule has 0 bridgehead atoms. The van der Waals surface area contributed by atoms with E-state index in [-0.39, 0.29) is 0 Å². The highest BCUT2D eigenvalue weighted by Crippen LogP contribution is 2.29. The highest BCUT2D eigenvalue weighted by atomic mass is 79.9. The van der Waals surface area contributed by atoms with Gasteiger partial charge in [0.2, 0.25) is 0 Å². The van der Waals surface area contributed by atoms with Gasteiger partial charge < -0.3 is 4.90 Å². The van der Waals surface area contributed by atoms with Crippen molar-refractivity contribution >= 4 is 49.3 Å². The number of aliphatic imine (C=N–C) groups is 1. The molecule has 2 aromatic carbocycles. The van der Waals surface area contributed by atoms with Gasteiger partial charge in [-0.25, -0.2) is 0 Å². The number of aromatic nitrogens is 1. The van der Waals surface area contributed by atoms with Crippen molar-refractivity contribution in [1.82, 2.24) is 4.98 Å². The molecule has 2 heterocycles. The predicted molar refractivity (Wildman–Crippen MR) is 125 cm³/mol. The lowest BCUT2D eigenvalue weighted by Gasteiger charge is -2.19. The van der Waals surface area contributed by atoms with Crippen LogP contribution in [0.3, 0.4) is 0 Å². The number of likely N-dealkylation sites (N-methyl/N-ethyl adjacent to an activating group) is 1. The summed E-state index contributed by atoms with van der Waals surface area (Å²) in [6.07, 6.45) is 7.95. The molecule has 28 heavy (non-hydrogen) atoms. The molecule has 1 aromatic heterocycles. The Balaban J connectivity index is 1.73. The van der Waals surface area contributed by atoms with E-state index in [0.717, 1.165) is 50.0 Å². The Labute approximate surface area is 182 Å². The van der Waals surface area contributed by atoms with Crippen LogP contribution in [0.4, 0.5) is 5.69 Å². The minimum atomic E-state index is 0.772. The Bertz CT molecular complexity index is 1070. The van der Waals surface area contributed by atoms with Gasteiger partial charge in [0, 0.05) is 51.7 Å². The number of halogens is 2. The summed E-state index contributed by atoms with van der Waals surface area (Å²) in [6.45, 7) is 1.67. The second-order valence-electron chi connectivity index (χ2n) is 6.66. The van der Waals surface area contributed by atoms with Crippen LogP contribution in [-0.2, 0) is 0 Å². The van der Waals surface area contributed by atoms with Gasteiger partial charge >= 0.3 is 0 Å². The van der Waals surface area contributed by atoms with Crippen molar-refractivity contribution in [3.8, 4) is 11.1 Å². The van der Waals surface area contributed by atoms with Gasteiger partial charge in [-0.2, -0.15) is 0 Å². The van der Waals surface area contributed by atoms with E-state index < -0.39 is 0 Å². The van der Waals surface area contributed by atoms with Gasteiger partial charge in [-0.3, -0.25) is 9.98 Å². The second-order valence-corrected chi connectivity index (χ2v) is 8.49. The summed E-state index contributed by atoms with van der Waals surface area (Å²) >= 11 is 7.15. The molecule has 1 aliphatic rings. The van der Waals surface area contributed by atoms with Gasteiger partial charge in [-0.15, -0.1) is 0 Å². The van der Waals surface area contributed by atoms with Crippen molar-refractivity contribution in [2.75, 3.05) is 25.0 Å². The van der Waals surface area contributed by atoms with Gasteiger partial charge in [0.1, 0.15) is 0 Å². The first-order valence-electron chi connectivity index (χ1n) is 9.05. The lowest BCUT2D eigenvalue weighted by atomic mass is 10.0. The summed E-state index contributed by atoms with van der Waals surface area (Å²) in [6, 6.07) is 16.7. The number of benzodiazepines with no additional fused rings is 1. The Hall–Kier alpha value is -2.24. The molecular formula is C23H19Br2N3. The van der Waals surface area contributed by atoms with E-state index in [1.807, 2.05) is 24.5 Å². The van der Waals surface area contributed by atoms with Crippen molar-refractivity contribution in [2.45, 2.75) is 0 Å². The first-order valence-corrected chi connectivity index (χ1v) is 10.6. The zero-order valence-corrected chi connectivity index (χ0v) is 18.6. The maximum atomic E-state index is 4.82. The van der Waals surface area contributed by atoms with Crippen molar-refractivity contribution in [3.63, 3.8) is 0 Å². The van der Waals surface area contributed by atoms with Gasteiger partial charge in [-0.05, 0) is 53.6 Å². The third-order valence-electron chi connectivity index (χ3n) is 4.77. The average molecular weight is 497 g/mol. The molecule has 0 spiro atoms. The van der Waals surface area contributed by atoms with Gasteiger partial charge in [-0.1, -0.05) is 50.1 Å². The molecule has 0 radical (unpaired) electrons. The molecule has 0 amide bonds. The van der Waals surface area contributed by atoms with E-state index in [4.69, 9.17) is 4.99 Å². The normalized spacial score (nSPS) is 14.0. The van der Waals surface area contributed by atoms with E-state index in [2.05, 4.69) is 97.3 Å². The molecule has 3 aromatic rings. The van der Waals surface area contributed by atoms with Crippen molar-refractivity contribution in [2.24, 2.45) is 4.99 Å². The zero-order chi connectivity index (χ0) is 19.5. The summed E-state index contributed by atoms with van der Waals surface area (Å²) in [4.78, 5) is 11.4. The maximum absolute atomic E-state index is 4.82. The number of benzene rings is 2. The fraction of sp³-hybridized carbons (Fsp3) is 0.130. The summed E-state index contributed by atoms with van der Waals surface area (Å²) < 4.78 is 2.14. The van der Waals surface area contributed by atoms with Gasteiger partial charge in [0.05, 0.1) is 12.3 Å². The van der Waals surface area contributed by atoms with Crippen LogP contribution >= 0.6 is 31.9 Å². The van der Waals surface area contributed by atoms with Crippen LogP contribution in [0.5, 0.6) is 0 Å². The Morgan fingerprint density at radius 1 is 0.964 bits per heavy atom. The minimum Gasteiger partial charge on any atom is -0.372 e. The molecular weight excluding hydrogens is 478 g/mol. The van der Waals surface area contributed by atoms with E-state index in [0.29, 0.717) is 0 Å². The fourth-order valence-corrected chi connectivity index (χ4v) is 4.08. The molecule has 0 aliphatic carbocycles. The summed E-state index contributed by atoms with van der Waals surface area (Å²) in [5, 5.41) is 0. The molecule has 1 aliphatic heterocycles. The average Bonchev–Trinajstić information content (AvgIpc) is 2.85. The van der Waals surface area contributed by atoms with E-state index >= 15 is 0 Å². The summed E-state index contributed by atoms with van der Waals surface area (Å²) in [5.41, 5.74) is 6.70. The third-order valence-corrected chi connectivity index (χ3v) is 5.76. The number of pyridine rings is 1. The lowest BCUT2D eigenvalue weighted by molar-refractivity contribution is 0.896. The lowest BCUT2D eigenvalue weighted by Crippen LogP contribution is -2.20. The molecule has 5 heteroatoms. The number of allylic oxidation sites excluding steroid dienone is 1. The highest BCUT2D eigenvalue weighted by molar-refractivity contribution is 9.10. The predicted octanol–water partition coefficient (Wildman–Crippen LogP) is 6.23. The standard InChI is InChI=1S/C23H19Br2N3/c1-28-12-11-27-22(21-7-6-19(25)14-23(21)28)8-5-17-15-26-10-9-20(17)16-3-2-4-18(24)13-16/h2-10,13-15H,11-12H2,1H3/b8-5+. The summed E-state index contributed by atoms with van der Waals surface area (Å²) in [5.74, 6) is 0. The number of fused-ring (bicyclic) bond motifs is 1. The van der Waals surface area contributed by atoms with E-state index in [9.17, 15) is 0 Å². The van der Waals surface area contributed by atoms with Gasteiger partial charge in [0.25, 0.3) is 0 Å². The van der Waals surface area contributed by atoms with Crippen molar-refractivity contribution in [1.29, 1.82) is 0 Å².